The van der Waals surface area contributed by atoms with Gasteiger partial charge in [-0.1, -0.05) is 91.0 Å². The second-order valence-corrected chi connectivity index (χ2v) is 5.98. The lowest BCUT2D eigenvalue weighted by atomic mass is 9.85. The van der Waals surface area contributed by atoms with Gasteiger partial charge >= 0.3 is 5.97 Å². The zero-order chi connectivity index (χ0) is 17.9. The average molecular weight is 350 g/mol. The van der Waals surface area contributed by atoms with Crippen LogP contribution in [0.15, 0.2) is 91.0 Å². The lowest BCUT2D eigenvalue weighted by molar-refractivity contribution is -0.136. The molecule has 3 heteroatoms. The fourth-order valence-corrected chi connectivity index (χ4v) is 2.80. The summed E-state index contributed by atoms with van der Waals surface area (Å²) in [7, 11) is 0. The minimum absolute atomic E-state index is 0.156. The SMILES string of the molecule is O=C(O)CCS.c1ccc(C(c2ccccc2)c2ccccc2)cc1. The van der Waals surface area contributed by atoms with Crippen LogP contribution in [0.2, 0.25) is 0 Å². The van der Waals surface area contributed by atoms with Gasteiger partial charge in [-0.25, -0.2) is 0 Å². The first-order chi connectivity index (χ1) is 12.2. The number of carbonyl (C=O) groups is 1. The van der Waals surface area contributed by atoms with E-state index >= 15 is 0 Å². The minimum atomic E-state index is -0.787. The predicted molar refractivity (Wildman–Crippen MR) is 106 cm³/mol. The van der Waals surface area contributed by atoms with Gasteiger partial charge < -0.3 is 5.11 Å². The van der Waals surface area contributed by atoms with E-state index in [0.717, 1.165) is 0 Å². The van der Waals surface area contributed by atoms with Gasteiger partial charge in [0, 0.05) is 11.7 Å². The van der Waals surface area contributed by atoms with E-state index < -0.39 is 5.97 Å². The Morgan fingerprint density at radius 2 is 1.04 bits per heavy atom. The van der Waals surface area contributed by atoms with Crippen molar-refractivity contribution >= 4 is 18.6 Å². The van der Waals surface area contributed by atoms with E-state index in [9.17, 15) is 4.79 Å². The summed E-state index contributed by atoms with van der Waals surface area (Å²) in [4.78, 5) is 9.55. The first-order valence-electron chi connectivity index (χ1n) is 8.20. The smallest absolute Gasteiger partial charge is 0.304 e. The van der Waals surface area contributed by atoms with Gasteiger partial charge in [0.25, 0.3) is 0 Å². The van der Waals surface area contributed by atoms with Crippen molar-refractivity contribution in [2.24, 2.45) is 0 Å². The van der Waals surface area contributed by atoms with Crippen LogP contribution in [0.3, 0.4) is 0 Å². The Labute approximate surface area is 154 Å². The van der Waals surface area contributed by atoms with Crippen LogP contribution in [0.25, 0.3) is 0 Å². The lowest BCUT2D eigenvalue weighted by Crippen LogP contribution is -2.02. The minimum Gasteiger partial charge on any atom is -0.481 e. The van der Waals surface area contributed by atoms with Gasteiger partial charge in [-0.05, 0) is 16.7 Å². The van der Waals surface area contributed by atoms with E-state index in [-0.39, 0.29) is 6.42 Å². The lowest BCUT2D eigenvalue weighted by Gasteiger charge is -2.18. The Bertz CT molecular complexity index is 649. The highest BCUT2D eigenvalue weighted by Crippen LogP contribution is 2.31. The van der Waals surface area contributed by atoms with Crippen LogP contribution >= 0.6 is 12.6 Å². The van der Waals surface area contributed by atoms with Crippen molar-refractivity contribution in [2.75, 3.05) is 5.75 Å². The number of carboxylic acids is 1. The second kappa shape index (κ2) is 10.4. The highest BCUT2D eigenvalue weighted by atomic mass is 32.1. The molecule has 0 saturated carbocycles. The Kier molecular flexibility index (Phi) is 7.80. The molecule has 25 heavy (non-hydrogen) atoms. The molecule has 0 bridgehead atoms. The first-order valence-corrected chi connectivity index (χ1v) is 8.83. The Morgan fingerprint density at radius 3 is 1.24 bits per heavy atom. The molecule has 128 valence electrons. The largest absolute Gasteiger partial charge is 0.481 e. The van der Waals surface area contributed by atoms with Crippen molar-refractivity contribution in [3.05, 3.63) is 108 Å². The third-order valence-corrected chi connectivity index (χ3v) is 3.95. The molecule has 0 aliphatic carbocycles. The third-order valence-electron chi connectivity index (χ3n) is 3.72. The molecule has 0 aliphatic heterocycles. The Morgan fingerprint density at radius 1 is 0.720 bits per heavy atom. The number of hydrogen-bond acceptors (Lipinski definition) is 2. The summed E-state index contributed by atoms with van der Waals surface area (Å²) in [6, 6.07) is 32.0. The van der Waals surface area contributed by atoms with Gasteiger partial charge in [0.2, 0.25) is 0 Å². The molecule has 2 nitrogen and oxygen atoms in total. The van der Waals surface area contributed by atoms with Gasteiger partial charge in [0.1, 0.15) is 0 Å². The van der Waals surface area contributed by atoms with E-state index in [0.29, 0.717) is 11.7 Å². The van der Waals surface area contributed by atoms with Crippen molar-refractivity contribution < 1.29 is 9.90 Å². The normalized spacial score (nSPS) is 10.0. The van der Waals surface area contributed by atoms with E-state index in [1.807, 2.05) is 0 Å². The van der Waals surface area contributed by atoms with Gasteiger partial charge in [-0.15, -0.1) is 0 Å². The molecule has 3 aromatic carbocycles. The molecular formula is C22H22O2S. The molecule has 1 N–H and O–H groups in total. The summed E-state index contributed by atoms with van der Waals surface area (Å²) in [6.45, 7) is 0. The maximum atomic E-state index is 9.55. The molecule has 0 aromatic heterocycles. The van der Waals surface area contributed by atoms with Crippen LogP contribution in [0.5, 0.6) is 0 Å². The zero-order valence-electron chi connectivity index (χ0n) is 14.0. The fourth-order valence-electron chi connectivity index (χ4n) is 2.61. The summed E-state index contributed by atoms with van der Waals surface area (Å²) in [5.74, 6) is -0.0522. The summed E-state index contributed by atoms with van der Waals surface area (Å²) in [5, 5.41) is 7.86. The maximum absolute atomic E-state index is 9.55. The number of rotatable bonds is 5. The van der Waals surface area contributed by atoms with Gasteiger partial charge in [-0.2, -0.15) is 12.6 Å². The monoisotopic (exact) mass is 350 g/mol. The highest BCUT2D eigenvalue weighted by Gasteiger charge is 2.15. The van der Waals surface area contributed by atoms with E-state index in [2.05, 4.69) is 104 Å². The molecule has 0 spiro atoms. The summed E-state index contributed by atoms with van der Waals surface area (Å²) in [5.41, 5.74) is 4.00. The molecule has 0 saturated heterocycles. The van der Waals surface area contributed by atoms with Crippen molar-refractivity contribution in [1.29, 1.82) is 0 Å². The Balaban J connectivity index is 0.000000326. The molecule has 3 aromatic rings. The summed E-state index contributed by atoms with van der Waals surface area (Å²) >= 11 is 3.68. The molecule has 0 heterocycles. The Hall–Kier alpha value is -2.52. The maximum Gasteiger partial charge on any atom is 0.304 e. The molecule has 0 atom stereocenters. The second-order valence-electron chi connectivity index (χ2n) is 5.53. The first kappa shape index (κ1) is 18.8. The van der Waals surface area contributed by atoms with E-state index in [1.54, 1.807) is 0 Å². The highest BCUT2D eigenvalue weighted by molar-refractivity contribution is 7.80. The van der Waals surface area contributed by atoms with Gasteiger partial charge in [-0.3, -0.25) is 4.79 Å². The number of carboxylic acid groups (broad SMARTS) is 1. The molecule has 0 aliphatic rings. The van der Waals surface area contributed by atoms with Crippen LogP contribution in [0.1, 0.15) is 29.0 Å². The average Bonchev–Trinajstić information content (AvgIpc) is 2.65. The molecule has 0 radical (unpaired) electrons. The number of benzene rings is 3. The molecule has 0 amide bonds. The number of hydrogen-bond donors (Lipinski definition) is 2. The van der Waals surface area contributed by atoms with Crippen molar-refractivity contribution in [1.82, 2.24) is 0 Å². The van der Waals surface area contributed by atoms with Crippen molar-refractivity contribution in [2.45, 2.75) is 12.3 Å². The van der Waals surface area contributed by atoms with Gasteiger partial charge in [0.05, 0.1) is 6.42 Å². The topological polar surface area (TPSA) is 37.3 Å². The molecule has 0 fully saturated rings. The standard InChI is InChI=1S/C19H16.C3H6O2S/c1-4-10-16(11-5-1)19(17-12-6-2-7-13-17)18-14-8-3-9-15-18;4-3(5)1-2-6/h1-15,19H;6H,1-2H2,(H,4,5). The fraction of sp³-hybridized carbons (Fsp3) is 0.136. The predicted octanol–water partition coefficient (Wildman–Crippen LogP) is 5.26. The number of thiol groups is 1. The summed E-state index contributed by atoms with van der Waals surface area (Å²) < 4.78 is 0. The van der Waals surface area contributed by atoms with E-state index in [4.69, 9.17) is 5.11 Å². The molecule has 3 rings (SSSR count). The zero-order valence-corrected chi connectivity index (χ0v) is 14.8. The third kappa shape index (κ3) is 6.12. The van der Waals surface area contributed by atoms with Crippen LogP contribution in [0, 0.1) is 0 Å². The molecular weight excluding hydrogens is 328 g/mol. The van der Waals surface area contributed by atoms with Crippen LogP contribution in [-0.2, 0) is 4.79 Å². The van der Waals surface area contributed by atoms with Gasteiger partial charge in [0.15, 0.2) is 0 Å². The van der Waals surface area contributed by atoms with Crippen molar-refractivity contribution in [3.63, 3.8) is 0 Å². The quantitative estimate of drug-likeness (QED) is 0.487. The van der Waals surface area contributed by atoms with Crippen LogP contribution in [-0.4, -0.2) is 16.8 Å². The summed E-state index contributed by atoms with van der Waals surface area (Å²) in [6.07, 6.45) is 0.156. The van der Waals surface area contributed by atoms with Crippen molar-refractivity contribution in [3.8, 4) is 0 Å². The van der Waals surface area contributed by atoms with E-state index in [1.165, 1.54) is 16.7 Å². The van der Waals surface area contributed by atoms with Crippen LogP contribution in [0.4, 0.5) is 0 Å². The number of aliphatic carboxylic acids is 1. The molecule has 0 unspecified atom stereocenters. The van der Waals surface area contributed by atoms with Crippen LogP contribution < -0.4 is 0 Å².